The van der Waals surface area contributed by atoms with Gasteiger partial charge in [-0.1, -0.05) is 13.0 Å². The third-order valence-electron chi connectivity index (χ3n) is 2.58. The third kappa shape index (κ3) is 3.48. The van der Waals surface area contributed by atoms with Crippen LogP contribution < -0.4 is 15.4 Å². The van der Waals surface area contributed by atoms with Gasteiger partial charge in [-0.2, -0.15) is 5.10 Å². The fraction of sp³-hybridized carbons (Fsp3) is 0.231. The van der Waals surface area contributed by atoms with Gasteiger partial charge in [0.25, 0.3) is 0 Å². The maximum atomic E-state index is 11.8. The average molecular weight is 260 g/mol. The van der Waals surface area contributed by atoms with Gasteiger partial charge in [-0.15, -0.1) is 0 Å². The second kappa shape index (κ2) is 5.90. The third-order valence-corrected chi connectivity index (χ3v) is 2.58. The van der Waals surface area contributed by atoms with E-state index in [1.54, 1.807) is 31.4 Å². The zero-order valence-electron chi connectivity index (χ0n) is 10.9. The van der Waals surface area contributed by atoms with Crippen molar-refractivity contribution in [2.45, 2.75) is 13.3 Å². The molecule has 6 nitrogen and oxygen atoms in total. The normalized spacial score (nSPS) is 10.0. The highest BCUT2D eigenvalue weighted by Crippen LogP contribution is 2.17. The molecule has 2 aromatic rings. The lowest BCUT2D eigenvalue weighted by molar-refractivity contribution is 0.262. The van der Waals surface area contributed by atoms with Crippen LogP contribution in [-0.4, -0.2) is 23.3 Å². The van der Waals surface area contributed by atoms with Crippen LogP contribution in [0, 0.1) is 0 Å². The number of amides is 2. The maximum Gasteiger partial charge on any atom is 0.324 e. The van der Waals surface area contributed by atoms with E-state index in [9.17, 15) is 4.79 Å². The minimum Gasteiger partial charge on any atom is -0.497 e. The second-order valence-corrected chi connectivity index (χ2v) is 3.94. The molecular weight excluding hydrogens is 244 g/mol. The number of urea groups is 1. The van der Waals surface area contributed by atoms with Crippen LogP contribution in [0.1, 0.15) is 12.6 Å². The highest BCUT2D eigenvalue weighted by atomic mass is 16.5. The lowest BCUT2D eigenvalue weighted by Crippen LogP contribution is -2.19. The van der Waals surface area contributed by atoms with E-state index in [0.717, 1.165) is 12.1 Å². The molecule has 1 heterocycles. The first kappa shape index (κ1) is 12.9. The summed E-state index contributed by atoms with van der Waals surface area (Å²) in [5, 5.41) is 12.2. The molecule has 0 radical (unpaired) electrons. The molecule has 19 heavy (non-hydrogen) atoms. The number of aromatic amines is 1. The van der Waals surface area contributed by atoms with Crippen molar-refractivity contribution < 1.29 is 9.53 Å². The van der Waals surface area contributed by atoms with Gasteiger partial charge < -0.3 is 10.1 Å². The largest absolute Gasteiger partial charge is 0.497 e. The molecule has 6 heteroatoms. The Bertz CT molecular complexity index is 565. The summed E-state index contributed by atoms with van der Waals surface area (Å²) in [5.41, 5.74) is 1.62. The molecule has 0 atom stereocenters. The van der Waals surface area contributed by atoms with E-state index in [0.29, 0.717) is 17.3 Å². The SMILES string of the molecule is CCc1cc(NC(=O)Nc2cccc(OC)c2)n[nH]1. The summed E-state index contributed by atoms with van der Waals surface area (Å²) in [6.07, 6.45) is 0.839. The van der Waals surface area contributed by atoms with Gasteiger partial charge in [0, 0.05) is 23.5 Å². The molecule has 0 saturated carbocycles. The van der Waals surface area contributed by atoms with Crippen molar-refractivity contribution in [3.8, 4) is 5.75 Å². The molecule has 0 unspecified atom stereocenters. The van der Waals surface area contributed by atoms with Crippen LogP contribution >= 0.6 is 0 Å². The smallest absolute Gasteiger partial charge is 0.324 e. The number of ether oxygens (including phenoxy) is 1. The average Bonchev–Trinajstić information content (AvgIpc) is 2.86. The highest BCUT2D eigenvalue weighted by molar-refractivity contribution is 5.99. The Morgan fingerprint density at radius 2 is 2.21 bits per heavy atom. The van der Waals surface area contributed by atoms with Gasteiger partial charge in [-0.25, -0.2) is 4.79 Å². The van der Waals surface area contributed by atoms with Crippen LogP contribution in [0.25, 0.3) is 0 Å². The lowest BCUT2D eigenvalue weighted by Gasteiger charge is -2.06. The number of benzene rings is 1. The standard InChI is InChI=1S/C13H16N4O2/c1-3-9-8-12(17-16-9)15-13(18)14-10-5-4-6-11(7-10)19-2/h4-8H,3H2,1-2H3,(H3,14,15,16,17,18). The van der Waals surface area contributed by atoms with E-state index in [1.807, 2.05) is 13.0 Å². The Morgan fingerprint density at radius 1 is 1.37 bits per heavy atom. The first-order valence-corrected chi connectivity index (χ1v) is 5.97. The molecule has 1 aromatic heterocycles. The number of anilines is 2. The number of hydrogen-bond acceptors (Lipinski definition) is 3. The number of rotatable bonds is 4. The number of nitrogens with zero attached hydrogens (tertiary/aromatic N) is 1. The van der Waals surface area contributed by atoms with Crippen LogP contribution in [0.15, 0.2) is 30.3 Å². The van der Waals surface area contributed by atoms with Crippen LogP contribution in [0.5, 0.6) is 5.75 Å². The molecule has 1 aromatic carbocycles. The van der Waals surface area contributed by atoms with Gasteiger partial charge >= 0.3 is 6.03 Å². The molecule has 3 N–H and O–H groups in total. The summed E-state index contributed by atoms with van der Waals surface area (Å²) in [5.74, 6) is 1.18. The molecule has 0 aliphatic carbocycles. The van der Waals surface area contributed by atoms with Gasteiger partial charge in [0.05, 0.1) is 7.11 Å². The van der Waals surface area contributed by atoms with Gasteiger partial charge in [-0.05, 0) is 18.6 Å². The first-order valence-electron chi connectivity index (χ1n) is 5.97. The van der Waals surface area contributed by atoms with Gasteiger partial charge in [0.15, 0.2) is 5.82 Å². The number of methoxy groups -OCH3 is 1. The Kier molecular flexibility index (Phi) is 4.02. The number of aryl methyl sites for hydroxylation is 1. The summed E-state index contributed by atoms with van der Waals surface area (Å²) in [6, 6.07) is 8.58. The first-order chi connectivity index (χ1) is 9.21. The van der Waals surface area contributed by atoms with Gasteiger partial charge in [0.1, 0.15) is 5.75 Å². The number of aromatic nitrogens is 2. The minimum absolute atomic E-state index is 0.345. The molecule has 2 amide bonds. The molecular formula is C13H16N4O2. The van der Waals surface area contributed by atoms with Crippen molar-refractivity contribution >= 4 is 17.5 Å². The Hall–Kier alpha value is -2.50. The van der Waals surface area contributed by atoms with Crippen LogP contribution in [-0.2, 0) is 6.42 Å². The minimum atomic E-state index is -0.345. The predicted molar refractivity (Wildman–Crippen MR) is 73.6 cm³/mol. The molecule has 0 aliphatic rings. The molecule has 0 spiro atoms. The van der Waals surface area contributed by atoms with Crippen molar-refractivity contribution in [1.29, 1.82) is 0 Å². The number of carbonyl (C=O) groups is 1. The topological polar surface area (TPSA) is 79.0 Å². The molecule has 0 fully saturated rings. The predicted octanol–water partition coefficient (Wildman–Crippen LogP) is 2.62. The Labute approximate surface area is 111 Å². The van der Waals surface area contributed by atoms with Crippen molar-refractivity contribution in [3.05, 3.63) is 36.0 Å². The Morgan fingerprint density at radius 3 is 2.89 bits per heavy atom. The second-order valence-electron chi connectivity index (χ2n) is 3.94. The number of hydrogen-bond donors (Lipinski definition) is 3. The van der Waals surface area contributed by atoms with E-state index < -0.39 is 0 Å². The zero-order valence-corrected chi connectivity index (χ0v) is 10.9. The summed E-state index contributed by atoms with van der Waals surface area (Å²) < 4.78 is 5.08. The summed E-state index contributed by atoms with van der Waals surface area (Å²) >= 11 is 0. The van der Waals surface area contributed by atoms with Crippen LogP contribution in [0.2, 0.25) is 0 Å². The fourth-order valence-corrected chi connectivity index (χ4v) is 1.59. The van der Waals surface area contributed by atoms with E-state index in [2.05, 4.69) is 20.8 Å². The quantitative estimate of drug-likeness (QED) is 0.790. The Balaban J connectivity index is 1.96. The molecule has 0 aliphatic heterocycles. The van der Waals surface area contributed by atoms with E-state index >= 15 is 0 Å². The molecule has 2 rings (SSSR count). The monoisotopic (exact) mass is 260 g/mol. The van der Waals surface area contributed by atoms with Crippen molar-refractivity contribution in [2.24, 2.45) is 0 Å². The number of nitrogens with one attached hydrogen (secondary N) is 3. The van der Waals surface area contributed by atoms with Crippen molar-refractivity contribution in [3.63, 3.8) is 0 Å². The van der Waals surface area contributed by atoms with Gasteiger partial charge in [0.2, 0.25) is 0 Å². The van der Waals surface area contributed by atoms with Gasteiger partial charge in [-0.3, -0.25) is 10.4 Å². The number of carbonyl (C=O) groups excluding carboxylic acids is 1. The number of H-pyrrole nitrogens is 1. The van der Waals surface area contributed by atoms with E-state index in [1.165, 1.54) is 0 Å². The van der Waals surface area contributed by atoms with Crippen LogP contribution in [0.4, 0.5) is 16.3 Å². The van der Waals surface area contributed by atoms with E-state index in [-0.39, 0.29) is 6.03 Å². The fourth-order valence-electron chi connectivity index (χ4n) is 1.59. The highest BCUT2D eigenvalue weighted by Gasteiger charge is 2.06. The summed E-state index contributed by atoms with van der Waals surface area (Å²) in [7, 11) is 1.58. The summed E-state index contributed by atoms with van der Waals surface area (Å²) in [6.45, 7) is 2.01. The summed E-state index contributed by atoms with van der Waals surface area (Å²) in [4.78, 5) is 11.8. The zero-order chi connectivity index (χ0) is 13.7. The van der Waals surface area contributed by atoms with Crippen molar-refractivity contribution in [2.75, 3.05) is 17.7 Å². The van der Waals surface area contributed by atoms with E-state index in [4.69, 9.17) is 4.74 Å². The lowest BCUT2D eigenvalue weighted by atomic mass is 10.3. The van der Waals surface area contributed by atoms with Crippen LogP contribution in [0.3, 0.4) is 0 Å². The maximum absolute atomic E-state index is 11.8. The van der Waals surface area contributed by atoms with Crippen molar-refractivity contribution in [1.82, 2.24) is 10.2 Å². The molecule has 100 valence electrons. The molecule has 0 bridgehead atoms. The molecule has 0 saturated heterocycles.